The van der Waals surface area contributed by atoms with Crippen LogP contribution >= 0.6 is 11.6 Å². The van der Waals surface area contributed by atoms with Crippen molar-refractivity contribution in [3.8, 4) is 17.6 Å². The second-order valence-corrected chi connectivity index (χ2v) is 7.95. The highest BCUT2D eigenvalue weighted by Gasteiger charge is 2.12. The molecule has 4 aromatic rings. The molecule has 0 atom stereocenters. The third-order valence-corrected chi connectivity index (χ3v) is 5.43. The van der Waals surface area contributed by atoms with Crippen molar-refractivity contribution >= 4 is 40.0 Å². The number of amides is 1. The Labute approximate surface area is 202 Å². The predicted molar refractivity (Wildman–Crippen MR) is 135 cm³/mol. The summed E-state index contributed by atoms with van der Waals surface area (Å²) in [5.41, 5.74) is 2.18. The van der Waals surface area contributed by atoms with Crippen molar-refractivity contribution in [2.75, 3.05) is 12.4 Å². The normalized spacial score (nSPS) is 11.0. The van der Waals surface area contributed by atoms with Gasteiger partial charge in [0.05, 0.1) is 7.11 Å². The molecule has 0 unspecified atom stereocenters. The third kappa shape index (κ3) is 5.55. The average molecular weight is 469 g/mol. The number of nitriles is 1. The lowest BCUT2D eigenvalue weighted by Gasteiger charge is -2.12. The molecule has 0 bridgehead atoms. The van der Waals surface area contributed by atoms with Gasteiger partial charge < -0.3 is 14.8 Å². The van der Waals surface area contributed by atoms with Gasteiger partial charge in [-0.15, -0.1) is 0 Å². The van der Waals surface area contributed by atoms with Gasteiger partial charge in [-0.05, 0) is 70.4 Å². The van der Waals surface area contributed by atoms with Crippen molar-refractivity contribution in [2.45, 2.75) is 6.61 Å². The van der Waals surface area contributed by atoms with Crippen LogP contribution < -0.4 is 14.8 Å². The maximum absolute atomic E-state index is 12.5. The summed E-state index contributed by atoms with van der Waals surface area (Å²) in [7, 11) is 1.55. The van der Waals surface area contributed by atoms with Crippen molar-refractivity contribution in [1.82, 2.24) is 0 Å². The van der Waals surface area contributed by atoms with Gasteiger partial charge in [0.15, 0.2) is 11.5 Å². The number of hydrogen-bond acceptors (Lipinski definition) is 4. The van der Waals surface area contributed by atoms with Crippen molar-refractivity contribution in [3.63, 3.8) is 0 Å². The van der Waals surface area contributed by atoms with Crippen LogP contribution in [0.2, 0.25) is 5.02 Å². The average Bonchev–Trinajstić information content (AvgIpc) is 2.87. The number of carbonyl (C=O) groups is 1. The smallest absolute Gasteiger partial charge is 0.266 e. The molecule has 0 saturated heterocycles. The van der Waals surface area contributed by atoms with Crippen LogP contribution in [-0.2, 0) is 11.4 Å². The van der Waals surface area contributed by atoms with Crippen LogP contribution in [0.5, 0.6) is 11.5 Å². The molecule has 0 heterocycles. The van der Waals surface area contributed by atoms with E-state index in [4.69, 9.17) is 21.1 Å². The minimum Gasteiger partial charge on any atom is -0.493 e. The van der Waals surface area contributed by atoms with Crippen molar-refractivity contribution in [2.24, 2.45) is 0 Å². The zero-order chi connectivity index (χ0) is 23.9. The first-order chi connectivity index (χ1) is 16.6. The quantitative estimate of drug-likeness (QED) is 0.244. The minimum atomic E-state index is -0.514. The Hall–Kier alpha value is -4.27. The Balaban J connectivity index is 1.48. The number of nitrogens with zero attached hydrogens (tertiary/aromatic N) is 1. The standard InChI is InChI=1S/C28H21ClN2O3/c1-33-27-16-19(14-23(17-30)28(32)31-25-11-9-24(29)10-12-25)7-13-26(27)34-18-20-6-8-21-4-2-3-5-22(21)15-20/h2-16H,18H2,1H3,(H,31,32)/b23-14-. The topological polar surface area (TPSA) is 71.3 Å². The summed E-state index contributed by atoms with van der Waals surface area (Å²) in [6.07, 6.45) is 1.50. The lowest BCUT2D eigenvalue weighted by molar-refractivity contribution is -0.112. The van der Waals surface area contributed by atoms with E-state index >= 15 is 0 Å². The number of halogens is 1. The summed E-state index contributed by atoms with van der Waals surface area (Å²) >= 11 is 5.87. The van der Waals surface area contributed by atoms with Crippen LogP contribution in [0.3, 0.4) is 0 Å². The van der Waals surface area contributed by atoms with Gasteiger partial charge in [-0.2, -0.15) is 5.26 Å². The Morgan fingerprint density at radius 3 is 2.47 bits per heavy atom. The number of fused-ring (bicyclic) bond motifs is 1. The summed E-state index contributed by atoms with van der Waals surface area (Å²) in [4.78, 5) is 12.5. The van der Waals surface area contributed by atoms with Gasteiger partial charge >= 0.3 is 0 Å². The van der Waals surface area contributed by atoms with E-state index in [-0.39, 0.29) is 5.57 Å². The lowest BCUT2D eigenvalue weighted by atomic mass is 10.1. The molecule has 168 valence electrons. The van der Waals surface area contributed by atoms with Crippen LogP contribution in [-0.4, -0.2) is 13.0 Å². The molecule has 0 aliphatic rings. The molecule has 6 heteroatoms. The van der Waals surface area contributed by atoms with Crippen molar-refractivity contribution in [3.05, 3.63) is 107 Å². The minimum absolute atomic E-state index is 0.0400. The van der Waals surface area contributed by atoms with E-state index in [9.17, 15) is 10.1 Å². The van der Waals surface area contributed by atoms with Crippen molar-refractivity contribution < 1.29 is 14.3 Å². The molecular weight excluding hydrogens is 448 g/mol. The second kappa shape index (κ2) is 10.6. The largest absolute Gasteiger partial charge is 0.493 e. The van der Waals surface area contributed by atoms with E-state index in [2.05, 4.69) is 29.6 Å². The van der Waals surface area contributed by atoms with E-state index < -0.39 is 5.91 Å². The monoisotopic (exact) mass is 468 g/mol. The molecule has 0 aliphatic heterocycles. The summed E-state index contributed by atoms with van der Waals surface area (Å²) in [6, 6.07) is 28.2. The van der Waals surface area contributed by atoms with E-state index in [0.29, 0.717) is 34.4 Å². The first-order valence-electron chi connectivity index (χ1n) is 10.5. The van der Waals surface area contributed by atoms with E-state index in [0.717, 1.165) is 10.9 Å². The molecule has 0 spiro atoms. The fraction of sp³-hybridized carbons (Fsp3) is 0.0714. The third-order valence-electron chi connectivity index (χ3n) is 5.17. The Bertz CT molecular complexity index is 1410. The molecule has 4 rings (SSSR count). The zero-order valence-corrected chi connectivity index (χ0v) is 19.2. The number of benzene rings is 4. The van der Waals surface area contributed by atoms with Crippen LogP contribution in [0.25, 0.3) is 16.8 Å². The van der Waals surface area contributed by atoms with Crippen LogP contribution in [0.1, 0.15) is 11.1 Å². The van der Waals surface area contributed by atoms with E-state index in [1.54, 1.807) is 49.6 Å². The molecule has 34 heavy (non-hydrogen) atoms. The van der Waals surface area contributed by atoms with Gasteiger partial charge in [-0.1, -0.05) is 54.1 Å². The zero-order valence-electron chi connectivity index (χ0n) is 18.4. The molecule has 5 nitrogen and oxygen atoms in total. The number of methoxy groups -OCH3 is 1. The fourth-order valence-corrected chi connectivity index (χ4v) is 3.56. The van der Waals surface area contributed by atoms with Gasteiger partial charge in [0.25, 0.3) is 5.91 Å². The highest BCUT2D eigenvalue weighted by Crippen LogP contribution is 2.30. The number of nitrogens with one attached hydrogen (secondary N) is 1. The Morgan fingerprint density at radius 2 is 1.74 bits per heavy atom. The summed E-state index contributed by atoms with van der Waals surface area (Å²) in [5.74, 6) is 0.558. The molecule has 0 aliphatic carbocycles. The molecule has 0 saturated carbocycles. The summed E-state index contributed by atoms with van der Waals surface area (Å²) in [6.45, 7) is 0.378. The van der Waals surface area contributed by atoms with Gasteiger partial charge in [-0.3, -0.25) is 4.79 Å². The van der Waals surface area contributed by atoms with E-state index in [1.165, 1.54) is 11.5 Å². The molecule has 4 aromatic carbocycles. The molecule has 0 radical (unpaired) electrons. The maximum atomic E-state index is 12.5. The number of anilines is 1. The Kier molecular flexibility index (Phi) is 7.12. The first-order valence-corrected chi connectivity index (χ1v) is 10.9. The summed E-state index contributed by atoms with van der Waals surface area (Å²) < 4.78 is 11.5. The molecule has 1 amide bonds. The number of hydrogen-bond donors (Lipinski definition) is 1. The van der Waals surface area contributed by atoms with Crippen molar-refractivity contribution in [1.29, 1.82) is 5.26 Å². The molecule has 0 fully saturated rings. The number of carbonyl (C=O) groups excluding carboxylic acids is 1. The number of ether oxygens (including phenoxy) is 2. The van der Waals surface area contributed by atoms with Crippen LogP contribution in [0.4, 0.5) is 5.69 Å². The van der Waals surface area contributed by atoms with Gasteiger partial charge in [0, 0.05) is 10.7 Å². The highest BCUT2D eigenvalue weighted by molar-refractivity contribution is 6.30. The fourth-order valence-electron chi connectivity index (χ4n) is 3.43. The lowest BCUT2D eigenvalue weighted by Crippen LogP contribution is -2.13. The van der Waals surface area contributed by atoms with Crippen LogP contribution in [0, 0.1) is 11.3 Å². The maximum Gasteiger partial charge on any atom is 0.266 e. The second-order valence-electron chi connectivity index (χ2n) is 7.51. The predicted octanol–water partition coefficient (Wildman–Crippen LogP) is 6.63. The van der Waals surface area contributed by atoms with Gasteiger partial charge in [0.2, 0.25) is 0 Å². The summed E-state index contributed by atoms with van der Waals surface area (Å²) in [5, 5.41) is 15.1. The first kappa shape index (κ1) is 22.9. The molecule has 0 aromatic heterocycles. The SMILES string of the molecule is COc1cc(/C=C(/C#N)C(=O)Nc2ccc(Cl)cc2)ccc1OCc1ccc2ccccc2c1. The Morgan fingerprint density at radius 1 is 0.971 bits per heavy atom. The van der Waals surface area contributed by atoms with E-state index in [1.807, 2.05) is 24.3 Å². The van der Waals surface area contributed by atoms with Crippen LogP contribution in [0.15, 0.2) is 90.5 Å². The number of rotatable bonds is 7. The molecular formula is C28H21ClN2O3. The van der Waals surface area contributed by atoms with Gasteiger partial charge in [-0.25, -0.2) is 0 Å². The highest BCUT2D eigenvalue weighted by atomic mass is 35.5. The van der Waals surface area contributed by atoms with Gasteiger partial charge in [0.1, 0.15) is 18.2 Å². The molecule has 1 N–H and O–H groups in total.